The molecule has 20 heavy (non-hydrogen) atoms. The number of aromatic nitrogens is 1. The topological polar surface area (TPSA) is 79.3 Å². The molecule has 110 valence electrons. The monoisotopic (exact) mass is 298 g/mol. The summed E-state index contributed by atoms with van der Waals surface area (Å²) in [6, 6.07) is 1.53. The molecule has 1 heterocycles. The van der Waals surface area contributed by atoms with Gasteiger partial charge in [-0.1, -0.05) is 25.4 Å². The van der Waals surface area contributed by atoms with Crippen LogP contribution in [0.4, 0.5) is 0 Å². The molecule has 5 nitrogen and oxygen atoms in total. The Balaban J connectivity index is 2.60. The maximum atomic E-state index is 12.0. The predicted octanol–water partition coefficient (Wildman–Crippen LogP) is 2.60. The highest BCUT2D eigenvalue weighted by Crippen LogP contribution is 2.16. The molecule has 0 aliphatic heterocycles. The number of carboxylic acids is 1. The van der Waals surface area contributed by atoms with Gasteiger partial charge in [0, 0.05) is 25.4 Å². The fourth-order valence-electron chi connectivity index (χ4n) is 2.04. The van der Waals surface area contributed by atoms with Gasteiger partial charge in [-0.05, 0) is 24.3 Å². The Kier molecular flexibility index (Phi) is 6.45. The second-order valence-electron chi connectivity index (χ2n) is 5.16. The van der Waals surface area contributed by atoms with Gasteiger partial charge in [0.1, 0.15) is 0 Å². The van der Waals surface area contributed by atoms with Gasteiger partial charge in [0.2, 0.25) is 0 Å². The molecule has 0 unspecified atom stereocenters. The number of halogens is 1. The van der Waals surface area contributed by atoms with Crippen molar-refractivity contribution in [1.29, 1.82) is 0 Å². The number of carbonyl (C=O) groups is 2. The lowest BCUT2D eigenvalue weighted by Gasteiger charge is -2.18. The van der Waals surface area contributed by atoms with Crippen molar-refractivity contribution in [1.82, 2.24) is 10.3 Å². The van der Waals surface area contributed by atoms with Gasteiger partial charge in [0.05, 0.1) is 10.6 Å². The van der Waals surface area contributed by atoms with Gasteiger partial charge >= 0.3 is 5.97 Å². The lowest BCUT2D eigenvalue weighted by Crippen LogP contribution is -2.31. The van der Waals surface area contributed by atoms with Crippen molar-refractivity contribution < 1.29 is 14.7 Å². The Hall–Kier alpha value is -1.62. The van der Waals surface area contributed by atoms with Crippen LogP contribution in [-0.4, -0.2) is 28.5 Å². The standard InChI is InChI=1S/C14H19ClN2O3/c1-9(2)5-10(6-13(18)19)7-17-14(20)11-3-4-16-8-12(11)15/h3-4,8-10H,5-7H2,1-2H3,(H,17,20)(H,18,19)/t10-/m0/s1. The summed E-state index contributed by atoms with van der Waals surface area (Å²) in [4.78, 5) is 26.6. The van der Waals surface area contributed by atoms with E-state index < -0.39 is 5.97 Å². The fourth-order valence-corrected chi connectivity index (χ4v) is 2.25. The van der Waals surface area contributed by atoms with Gasteiger partial charge in [0.15, 0.2) is 0 Å². The van der Waals surface area contributed by atoms with Gasteiger partial charge in [0.25, 0.3) is 5.91 Å². The number of carbonyl (C=O) groups excluding carboxylic acids is 1. The second-order valence-corrected chi connectivity index (χ2v) is 5.57. The van der Waals surface area contributed by atoms with Crippen LogP contribution < -0.4 is 5.32 Å². The molecule has 6 heteroatoms. The van der Waals surface area contributed by atoms with E-state index >= 15 is 0 Å². The van der Waals surface area contributed by atoms with Gasteiger partial charge in [-0.25, -0.2) is 0 Å². The molecule has 0 bridgehead atoms. The number of rotatable bonds is 7. The SMILES string of the molecule is CC(C)C[C@H](CNC(=O)c1ccncc1Cl)CC(=O)O. The number of carboxylic acid groups (broad SMARTS) is 1. The van der Waals surface area contributed by atoms with Crippen LogP contribution in [0.15, 0.2) is 18.5 Å². The highest BCUT2D eigenvalue weighted by Gasteiger charge is 2.17. The fraction of sp³-hybridized carbons (Fsp3) is 0.500. The predicted molar refractivity (Wildman–Crippen MR) is 76.8 cm³/mol. The van der Waals surface area contributed by atoms with Crippen molar-refractivity contribution in [3.05, 3.63) is 29.0 Å². The summed E-state index contributed by atoms with van der Waals surface area (Å²) in [6.45, 7) is 4.37. The van der Waals surface area contributed by atoms with E-state index in [4.69, 9.17) is 16.7 Å². The molecule has 2 N–H and O–H groups in total. The summed E-state index contributed by atoms with van der Waals surface area (Å²) >= 11 is 5.89. The maximum absolute atomic E-state index is 12.0. The van der Waals surface area contributed by atoms with Crippen molar-refractivity contribution in [2.75, 3.05) is 6.54 Å². The van der Waals surface area contributed by atoms with E-state index in [-0.39, 0.29) is 23.3 Å². The van der Waals surface area contributed by atoms with Crippen molar-refractivity contribution >= 4 is 23.5 Å². The molecule has 1 atom stereocenters. The second kappa shape index (κ2) is 7.85. The zero-order valence-electron chi connectivity index (χ0n) is 11.6. The number of aliphatic carboxylic acids is 1. The first-order valence-corrected chi connectivity index (χ1v) is 6.87. The first-order valence-electron chi connectivity index (χ1n) is 6.49. The number of hydrogen-bond acceptors (Lipinski definition) is 3. The van der Waals surface area contributed by atoms with Gasteiger partial charge in [-0.15, -0.1) is 0 Å². The van der Waals surface area contributed by atoms with Crippen molar-refractivity contribution in [2.45, 2.75) is 26.7 Å². The molecule has 1 rings (SSSR count). The summed E-state index contributed by atoms with van der Waals surface area (Å²) in [5.74, 6) is -0.874. The summed E-state index contributed by atoms with van der Waals surface area (Å²) < 4.78 is 0. The van der Waals surface area contributed by atoms with E-state index in [0.29, 0.717) is 18.0 Å². The largest absolute Gasteiger partial charge is 0.481 e. The first kappa shape index (κ1) is 16.4. The minimum absolute atomic E-state index is 0.0442. The Morgan fingerprint density at radius 2 is 2.15 bits per heavy atom. The zero-order chi connectivity index (χ0) is 15.1. The van der Waals surface area contributed by atoms with Gasteiger partial charge in [-0.3, -0.25) is 14.6 Å². The molecule has 0 saturated carbocycles. The van der Waals surface area contributed by atoms with Gasteiger partial charge < -0.3 is 10.4 Å². The Bertz CT molecular complexity index is 477. The number of amides is 1. The Morgan fingerprint density at radius 3 is 2.70 bits per heavy atom. The Morgan fingerprint density at radius 1 is 1.45 bits per heavy atom. The first-order chi connectivity index (χ1) is 9.40. The van der Waals surface area contributed by atoms with Crippen LogP contribution in [0.1, 0.15) is 37.0 Å². The molecular formula is C14H19ClN2O3. The minimum atomic E-state index is -0.855. The molecule has 1 aromatic heterocycles. The van der Waals surface area contributed by atoms with Crippen LogP contribution >= 0.6 is 11.6 Å². The average Bonchev–Trinajstić information content (AvgIpc) is 2.34. The minimum Gasteiger partial charge on any atom is -0.481 e. The van der Waals surface area contributed by atoms with E-state index in [1.54, 1.807) is 0 Å². The van der Waals surface area contributed by atoms with E-state index in [1.165, 1.54) is 18.5 Å². The highest BCUT2D eigenvalue weighted by molar-refractivity contribution is 6.33. The molecule has 1 aromatic rings. The van der Waals surface area contributed by atoms with Crippen molar-refractivity contribution in [3.63, 3.8) is 0 Å². The normalized spacial score (nSPS) is 12.2. The number of nitrogens with zero attached hydrogens (tertiary/aromatic N) is 1. The molecule has 0 saturated heterocycles. The van der Waals surface area contributed by atoms with Crippen LogP contribution in [0.2, 0.25) is 5.02 Å². The molecule has 0 aliphatic carbocycles. The van der Waals surface area contributed by atoms with E-state index in [1.807, 2.05) is 13.8 Å². The average molecular weight is 299 g/mol. The van der Waals surface area contributed by atoms with Crippen LogP contribution in [0.5, 0.6) is 0 Å². The molecular weight excluding hydrogens is 280 g/mol. The maximum Gasteiger partial charge on any atom is 0.303 e. The van der Waals surface area contributed by atoms with Crippen molar-refractivity contribution in [3.8, 4) is 0 Å². The highest BCUT2D eigenvalue weighted by atomic mass is 35.5. The zero-order valence-corrected chi connectivity index (χ0v) is 12.4. The van der Waals surface area contributed by atoms with E-state index in [9.17, 15) is 9.59 Å². The Labute approximate surface area is 123 Å². The number of nitrogens with one attached hydrogen (secondary N) is 1. The van der Waals surface area contributed by atoms with Gasteiger partial charge in [-0.2, -0.15) is 0 Å². The lowest BCUT2D eigenvalue weighted by atomic mass is 9.94. The number of pyridine rings is 1. The quantitative estimate of drug-likeness (QED) is 0.811. The van der Waals surface area contributed by atoms with Crippen LogP contribution in [0.3, 0.4) is 0 Å². The third-order valence-electron chi connectivity index (χ3n) is 2.84. The molecule has 0 radical (unpaired) electrons. The van der Waals surface area contributed by atoms with Crippen LogP contribution in [0.25, 0.3) is 0 Å². The van der Waals surface area contributed by atoms with Crippen LogP contribution in [-0.2, 0) is 4.79 Å². The molecule has 0 spiro atoms. The molecule has 0 aliphatic rings. The molecule has 1 amide bonds. The summed E-state index contributed by atoms with van der Waals surface area (Å²) in [5.41, 5.74) is 0.347. The summed E-state index contributed by atoms with van der Waals surface area (Å²) in [7, 11) is 0. The third-order valence-corrected chi connectivity index (χ3v) is 3.14. The number of hydrogen-bond donors (Lipinski definition) is 2. The van der Waals surface area contributed by atoms with Crippen LogP contribution in [0, 0.1) is 11.8 Å². The van der Waals surface area contributed by atoms with E-state index in [0.717, 1.165) is 6.42 Å². The summed E-state index contributed by atoms with van der Waals surface area (Å²) in [6.07, 6.45) is 3.68. The lowest BCUT2D eigenvalue weighted by molar-refractivity contribution is -0.138. The third kappa shape index (κ3) is 5.57. The molecule has 0 fully saturated rings. The van der Waals surface area contributed by atoms with Crippen molar-refractivity contribution in [2.24, 2.45) is 11.8 Å². The summed E-state index contributed by atoms with van der Waals surface area (Å²) in [5, 5.41) is 11.9. The smallest absolute Gasteiger partial charge is 0.303 e. The molecule has 0 aromatic carbocycles. The van der Waals surface area contributed by atoms with E-state index in [2.05, 4.69) is 10.3 Å².